The van der Waals surface area contributed by atoms with E-state index in [2.05, 4.69) is 10.9 Å². The lowest BCUT2D eigenvalue weighted by atomic mass is 9.88. The molecule has 26 heavy (non-hydrogen) atoms. The molecule has 2 rings (SSSR count). The average molecular weight is 379 g/mol. The van der Waals surface area contributed by atoms with Crippen molar-refractivity contribution in [1.82, 2.24) is 10.9 Å². The Labute approximate surface area is 156 Å². The number of para-hydroxylation sites is 1. The number of hydrogen-bond donors (Lipinski definition) is 2. The van der Waals surface area contributed by atoms with Crippen molar-refractivity contribution < 1.29 is 18.7 Å². The van der Waals surface area contributed by atoms with E-state index in [-0.39, 0.29) is 17.6 Å². The van der Waals surface area contributed by atoms with Gasteiger partial charge in [0.2, 0.25) is 5.91 Å². The molecule has 1 atom stereocenters. The van der Waals surface area contributed by atoms with Gasteiger partial charge in [0.25, 0.3) is 5.91 Å². The minimum atomic E-state index is -0.597. The highest BCUT2D eigenvalue weighted by atomic mass is 35.5. The van der Waals surface area contributed by atoms with Gasteiger partial charge < -0.3 is 4.74 Å². The number of ether oxygens (including phenoxy) is 1. The maximum absolute atomic E-state index is 13.4. The molecular weight excluding hydrogens is 359 g/mol. The fourth-order valence-electron chi connectivity index (χ4n) is 2.46. The normalized spacial score (nSPS) is 11.7. The summed E-state index contributed by atoms with van der Waals surface area (Å²) in [6.45, 7) is 3.39. The fourth-order valence-corrected chi connectivity index (χ4v) is 2.59. The molecule has 2 aromatic rings. The molecule has 0 aromatic heterocycles. The van der Waals surface area contributed by atoms with Crippen LogP contribution >= 0.6 is 11.6 Å². The predicted molar refractivity (Wildman–Crippen MR) is 97.2 cm³/mol. The van der Waals surface area contributed by atoms with Gasteiger partial charge in [0.15, 0.2) is 18.2 Å². The summed E-state index contributed by atoms with van der Waals surface area (Å²) in [6, 6.07) is 12.7. The lowest BCUT2D eigenvalue weighted by Crippen LogP contribution is -2.46. The molecule has 0 bridgehead atoms. The number of benzene rings is 2. The monoisotopic (exact) mass is 378 g/mol. The van der Waals surface area contributed by atoms with Gasteiger partial charge in [-0.1, -0.05) is 49.7 Å². The number of carbonyl (C=O) groups is 2. The zero-order valence-corrected chi connectivity index (χ0v) is 15.2. The van der Waals surface area contributed by atoms with Gasteiger partial charge in [-0.15, -0.1) is 0 Å². The van der Waals surface area contributed by atoms with Crippen molar-refractivity contribution in [1.29, 1.82) is 0 Å². The first-order valence-corrected chi connectivity index (χ1v) is 8.47. The molecule has 0 spiro atoms. The Morgan fingerprint density at radius 1 is 1.08 bits per heavy atom. The van der Waals surface area contributed by atoms with Gasteiger partial charge in [0.1, 0.15) is 0 Å². The molecule has 138 valence electrons. The predicted octanol–water partition coefficient (Wildman–Crippen LogP) is 3.45. The van der Waals surface area contributed by atoms with Crippen LogP contribution in [0.3, 0.4) is 0 Å². The summed E-state index contributed by atoms with van der Waals surface area (Å²) in [7, 11) is 0. The summed E-state index contributed by atoms with van der Waals surface area (Å²) in [4.78, 5) is 24.3. The lowest BCUT2D eigenvalue weighted by molar-refractivity contribution is -0.131. The summed E-state index contributed by atoms with van der Waals surface area (Å²) in [5.41, 5.74) is 5.45. The number of nitrogens with one attached hydrogen (secondary N) is 2. The third-order valence-corrected chi connectivity index (χ3v) is 3.95. The van der Waals surface area contributed by atoms with E-state index in [1.807, 2.05) is 13.8 Å². The minimum Gasteiger partial charge on any atom is -0.481 e. The van der Waals surface area contributed by atoms with Crippen LogP contribution in [0.2, 0.25) is 5.02 Å². The van der Waals surface area contributed by atoms with Crippen molar-refractivity contribution in [2.24, 2.45) is 5.92 Å². The van der Waals surface area contributed by atoms with Gasteiger partial charge in [-0.05, 0) is 35.7 Å². The standard InChI is InChI=1S/C19H20ClFN2O3/c1-12(2)18(13-7-9-14(20)10-8-13)19(25)23-22-17(24)11-26-16-6-4-3-5-15(16)21/h3-10,12,18H,11H2,1-2H3,(H,22,24)(H,23,25)/t18-/m1/s1. The van der Waals surface area contributed by atoms with Crippen LogP contribution in [-0.4, -0.2) is 18.4 Å². The SMILES string of the molecule is CC(C)[C@@H](C(=O)NNC(=O)COc1ccccc1F)c1ccc(Cl)cc1. The molecule has 0 saturated heterocycles. The Kier molecular flexibility index (Phi) is 6.97. The van der Waals surface area contributed by atoms with Crippen LogP contribution in [0, 0.1) is 11.7 Å². The molecule has 7 heteroatoms. The van der Waals surface area contributed by atoms with Crippen molar-refractivity contribution in [2.45, 2.75) is 19.8 Å². The summed E-state index contributed by atoms with van der Waals surface area (Å²) >= 11 is 5.88. The molecule has 0 fully saturated rings. The summed E-state index contributed by atoms with van der Waals surface area (Å²) in [5.74, 6) is -2.01. The second-order valence-electron chi connectivity index (χ2n) is 6.03. The second kappa shape index (κ2) is 9.20. The third kappa shape index (κ3) is 5.46. The Morgan fingerprint density at radius 2 is 1.73 bits per heavy atom. The van der Waals surface area contributed by atoms with Gasteiger partial charge in [0, 0.05) is 5.02 Å². The van der Waals surface area contributed by atoms with E-state index in [0.29, 0.717) is 5.02 Å². The Bertz CT molecular complexity index is 766. The maximum atomic E-state index is 13.4. The summed E-state index contributed by atoms with van der Waals surface area (Å²) < 4.78 is 18.5. The molecular formula is C19H20ClFN2O3. The van der Waals surface area contributed by atoms with Gasteiger partial charge in [-0.25, -0.2) is 4.39 Å². The number of carbonyl (C=O) groups excluding carboxylic acids is 2. The number of amides is 2. The molecule has 2 amide bonds. The van der Waals surface area contributed by atoms with E-state index in [4.69, 9.17) is 16.3 Å². The van der Waals surface area contributed by atoms with Crippen LogP contribution in [0.4, 0.5) is 4.39 Å². The van der Waals surface area contributed by atoms with Crippen LogP contribution in [0.1, 0.15) is 25.3 Å². The molecule has 0 aliphatic heterocycles. The van der Waals surface area contributed by atoms with Crippen molar-refractivity contribution in [3.63, 3.8) is 0 Å². The molecule has 0 aliphatic rings. The number of hydrazine groups is 1. The smallest absolute Gasteiger partial charge is 0.276 e. The van der Waals surface area contributed by atoms with Crippen LogP contribution in [0.5, 0.6) is 5.75 Å². The maximum Gasteiger partial charge on any atom is 0.276 e. The third-order valence-electron chi connectivity index (χ3n) is 3.70. The highest BCUT2D eigenvalue weighted by Gasteiger charge is 2.24. The van der Waals surface area contributed by atoms with Gasteiger partial charge in [-0.3, -0.25) is 20.4 Å². The van der Waals surface area contributed by atoms with E-state index >= 15 is 0 Å². The molecule has 0 radical (unpaired) electrons. The summed E-state index contributed by atoms with van der Waals surface area (Å²) in [5, 5.41) is 0.579. The molecule has 0 heterocycles. The Balaban J connectivity index is 1.90. The molecule has 5 nitrogen and oxygen atoms in total. The van der Waals surface area contributed by atoms with Gasteiger partial charge in [0.05, 0.1) is 5.92 Å². The van der Waals surface area contributed by atoms with Gasteiger partial charge in [-0.2, -0.15) is 0 Å². The van der Waals surface area contributed by atoms with Crippen LogP contribution in [-0.2, 0) is 9.59 Å². The Morgan fingerprint density at radius 3 is 2.35 bits per heavy atom. The first kappa shape index (κ1) is 19.7. The van der Waals surface area contributed by atoms with Crippen LogP contribution in [0.15, 0.2) is 48.5 Å². The number of halogens is 2. The van der Waals surface area contributed by atoms with E-state index in [1.54, 1.807) is 30.3 Å². The van der Waals surface area contributed by atoms with Crippen molar-refractivity contribution in [3.8, 4) is 5.75 Å². The van der Waals surface area contributed by atoms with Crippen molar-refractivity contribution >= 4 is 23.4 Å². The molecule has 2 aromatic carbocycles. The molecule has 0 saturated carbocycles. The van der Waals surface area contributed by atoms with Crippen LogP contribution < -0.4 is 15.6 Å². The quantitative estimate of drug-likeness (QED) is 0.756. The number of hydrogen-bond acceptors (Lipinski definition) is 3. The first-order chi connectivity index (χ1) is 12.4. The highest BCUT2D eigenvalue weighted by Crippen LogP contribution is 2.25. The largest absolute Gasteiger partial charge is 0.481 e. The van der Waals surface area contributed by atoms with E-state index < -0.39 is 24.2 Å². The zero-order chi connectivity index (χ0) is 19.1. The van der Waals surface area contributed by atoms with Gasteiger partial charge >= 0.3 is 0 Å². The minimum absolute atomic E-state index is 0.00254. The summed E-state index contributed by atoms with van der Waals surface area (Å²) in [6.07, 6.45) is 0. The second-order valence-corrected chi connectivity index (χ2v) is 6.47. The first-order valence-electron chi connectivity index (χ1n) is 8.10. The number of rotatable bonds is 6. The topological polar surface area (TPSA) is 67.4 Å². The van der Waals surface area contributed by atoms with E-state index in [1.165, 1.54) is 18.2 Å². The molecule has 2 N–H and O–H groups in total. The fraction of sp³-hybridized carbons (Fsp3) is 0.263. The van der Waals surface area contributed by atoms with E-state index in [0.717, 1.165) is 5.56 Å². The zero-order valence-electron chi connectivity index (χ0n) is 14.5. The molecule has 0 unspecified atom stereocenters. The van der Waals surface area contributed by atoms with E-state index in [9.17, 15) is 14.0 Å². The Hall–Kier alpha value is -2.60. The molecule has 0 aliphatic carbocycles. The van der Waals surface area contributed by atoms with Crippen molar-refractivity contribution in [3.05, 3.63) is 64.9 Å². The lowest BCUT2D eigenvalue weighted by Gasteiger charge is -2.21. The van der Waals surface area contributed by atoms with Crippen molar-refractivity contribution in [2.75, 3.05) is 6.61 Å². The average Bonchev–Trinajstić information content (AvgIpc) is 2.61. The van der Waals surface area contributed by atoms with Crippen LogP contribution in [0.25, 0.3) is 0 Å². The highest BCUT2D eigenvalue weighted by molar-refractivity contribution is 6.30.